The number of carboxylic acid groups (broad SMARTS) is 1. The van der Waals surface area contributed by atoms with Gasteiger partial charge in [0.2, 0.25) is 0 Å². The van der Waals surface area contributed by atoms with Crippen molar-refractivity contribution in [2.24, 2.45) is 0 Å². The molecule has 1 heterocycles. The van der Waals surface area contributed by atoms with Crippen molar-refractivity contribution in [3.8, 4) is 0 Å². The van der Waals surface area contributed by atoms with Crippen LogP contribution in [0.25, 0.3) is 0 Å². The van der Waals surface area contributed by atoms with Crippen LogP contribution in [0.2, 0.25) is 0 Å². The normalized spacial score (nSPS) is 7.21. The predicted molar refractivity (Wildman–Crippen MR) is 45.9 cm³/mol. The molecule has 14 heavy (non-hydrogen) atoms. The Hall–Kier alpha value is -1.31. The number of carboxylic acids is 1. The molecular weight excluding hydrogens is 179 g/mol. The van der Waals surface area contributed by atoms with Gasteiger partial charge in [0.1, 0.15) is 5.69 Å². The van der Waals surface area contributed by atoms with Crippen molar-refractivity contribution < 1.29 is 33.6 Å². The second-order valence-corrected chi connectivity index (χ2v) is 1.87. The van der Waals surface area contributed by atoms with Gasteiger partial charge in [-0.1, -0.05) is 6.07 Å². The summed E-state index contributed by atoms with van der Waals surface area (Å²) in [6.45, 7) is 0. The van der Waals surface area contributed by atoms with Gasteiger partial charge in [0, 0.05) is 6.20 Å². The molecule has 0 spiro atoms. The van der Waals surface area contributed by atoms with Crippen LogP contribution in [0.1, 0.15) is 10.5 Å². The van der Waals surface area contributed by atoms with Crippen LogP contribution in [0, 0.1) is 0 Å². The standard InChI is InChI=1S/C6H5NO2.C2H4NO.Li/c8-6(9)5-3-1-2-4-7-5;1-3-2-4;/h1-4H,(H,8,9);1H3,(H,3,4);/q;-1;+1. The first-order valence-corrected chi connectivity index (χ1v) is 3.40. The Labute approximate surface area is 93.7 Å². The second-order valence-electron chi connectivity index (χ2n) is 1.87. The Morgan fingerprint density at radius 2 is 2.14 bits per heavy atom. The van der Waals surface area contributed by atoms with Crippen LogP contribution in [0.15, 0.2) is 24.4 Å². The summed E-state index contributed by atoms with van der Waals surface area (Å²) >= 11 is 0. The van der Waals surface area contributed by atoms with E-state index in [0.717, 1.165) is 0 Å². The van der Waals surface area contributed by atoms with Gasteiger partial charge in [-0.25, -0.2) is 9.78 Å². The average Bonchev–Trinajstić information content (AvgIpc) is 2.19. The Bertz CT molecular complexity index is 267. The predicted octanol–water partition coefficient (Wildman–Crippen LogP) is -2.94. The van der Waals surface area contributed by atoms with Crippen LogP contribution in [0.4, 0.5) is 0 Å². The molecule has 0 radical (unpaired) electrons. The molecule has 6 heteroatoms. The Morgan fingerprint density at radius 1 is 1.57 bits per heavy atom. The number of aromatic nitrogens is 1. The fraction of sp³-hybridized carbons (Fsp3) is 0.125. The van der Waals surface area contributed by atoms with Crippen molar-refractivity contribution in [2.45, 2.75) is 0 Å². The average molecular weight is 188 g/mol. The molecule has 1 aromatic rings. The first-order chi connectivity index (χ1) is 6.22. The molecular formula is C8H9LiN2O3. The van der Waals surface area contributed by atoms with E-state index in [0.29, 0.717) is 0 Å². The molecule has 2 N–H and O–H groups in total. The summed E-state index contributed by atoms with van der Waals surface area (Å²) in [6, 6.07) is 4.76. The molecule has 0 aliphatic heterocycles. The topological polar surface area (TPSA) is 79.3 Å². The second kappa shape index (κ2) is 9.77. The van der Waals surface area contributed by atoms with Gasteiger partial charge >= 0.3 is 24.8 Å². The zero-order valence-corrected chi connectivity index (χ0v) is 8.02. The fourth-order valence-corrected chi connectivity index (χ4v) is 0.489. The zero-order chi connectivity index (χ0) is 10.1. The molecule has 0 bridgehead atoms. The number of hydrogen-bond donors (Lipinski definition) is 2. The van der Waals surface area contributed by atoms with E-state index < -0.39 is 5.97 Å². The maximum absolute atomic E-state index is 10.1. The number of rotatable bonds is 2. The summed E-state index contributed by atoms with van der Waals surface area (Å²) in [5.41, 5.74) is 0.0810. The molecule has 0 saturated carbocycles. The largest absolute Gasteiger partial charge is 1.00 e. The Morgan fingerprint density at radius 3 is 2.36 bits per heavy atom. The molecule has 0 saturated heterocycles. The number of aromatic carboxylic acids is 1. The van der Waals surface area contributed by atoms with Crippen LogP contribution in [-0.2, 0) is 4.79 Å². The van der Waals surface area contributed by atoms with Gasteiger partial charge in [0.25, 0.3) is 0 Å². The first-order valence-electron chi connectivity index (χ1n) is 3.40. The zero-order valence-electron chi connectivity index (χ0n) is 8.02. The summed E-state index contributed by atoms with van der Waals surface area (Å²) in [4.78, 5) is 22.7. The minimum Gasteiger partial charge on any atom is -0.532 e. The summed E-state index contributed by atoms with van der Waals surface area (Å²) in [7, 11) is 1.51. The molecule has 70 valence electrons. The van der Waals surface area contributed by atoms with Gasteiger partial charge in [-0.15, -0.1) is 0 Å². The van der Waals surface area contributed by atoms with Gasteiger partial charge in [-0.3, -0.25) is 0 Å². The van der Waals surface area contributed by atoms with E-state index in [1.165, 1.54) is 25.7 Å². The number of pyridine rings is 1. The number of nitrogens with zero attached hydrogens (tertiary/aromatic N) is 1. The molecule has 1 rings (SSSR count). The summed E-state index contributed by atoms with van der Waals surface area (Å²) < 4.78 is 0. The molecule has 0 aromatic carbocycles. The van der Waals surface area contributed by atoms with Gasteiger partial charge in [-0.2, -0.15) is 6.41 Å². The van der Waals surface area contributed by atoms with Crippen molar-refractivity contribution in [3.05, 3.63) is 30.1 Å². The smallest absolute Gasteiger partial charge is 0.532 e. The Kier molecular flexibility index (Phi) is 10.6. The van der Waals surface area contributed by atoms with Gasteiger partial charge in [-0.05, 0) is 19.2 Å². The van der Waals surface area contributed by atoms with Crippen LogP contribution in [0.5, 0.6) is 0 Å². The van der Waals surface area contributed by atoms with Gasteiger partial charge < -0.3 is 15.2 Å². The SMILES string of the molecule is CN[C-]=O.O=C(O)c1ccccn1.[Li+]. The van der Waals surface area contributed by atoms with Crippen LogP contribution in [-0.4, -0.2) is 29.5 Å². The summed E-state index contributed by atoms with van der Waals surface area (Å²) in [6.07, 6.45) is 2.88. The molecule has 1 aromatic heterocycles. The van der Waals surface area contributed by atoms with Crippen molar-refractivity contribution in [2.75, 3.05) is 7.05 Å². The minimum atomic E-state index is -0.990. The van der Waals surface area contributed by atoms with Crippen LogP contribution < -0.4 is 24.2 Å². The van der Waals surface area contributed by atoms with E-state index in [2.05, 4.69) is 10.3 Å². The molecule has 0 aliphatic carbocycles. The van der Waals surface area contributed by atoms with E-state index >= 15 is 0 Å². The quantitative estimate of drug-likeness (QED) is 0.295. The number of carbonyl (C=O) groups excluding carboxylic acids is 1. The number of hydrogen-bond acceptors (Lipinski definition) is 3. The third kappa shape index (κ3) is 7.34. The molecule has 0 unspecified atom stereocenters. The van der Waals surface area contributed by atoms with E-state index in [1.807, 2.05) is 0 Å². The van der Waals surface area contributed by atoms with Crippen molar-refractivity contribution in [3.63, 3.8) is 0 Å². The van der Waals surface area contributed by atoms with Crippen molar-refractivity contribution in [1.82, 2.24) is 10.3 Å². The fourth-order valence-electron chi connectivity index (χ4n) is 0.489. The Balaban J connectivity index is 0. The van der Waals surface area contributed by atoms with Crippen LogP contribution >= 0.6 is 0 Å². The number of amides is 1. The molecule has 1 amide bonds. The molecule has 5 nitrogen and oxygen atoms in total. The third-order valence-electron chi connectivity index (χ3n) is 0.986. The summed E-state index contributed by atoms with van der Waals surface area (Å²) in [5.74, 6) is -0.990. The molecule has 0 atom stereocenters. The maximum atomic E-state index is 10.1. The van der Waals surface area contributed by atoms with E-state index in [4.69, 9.17) is 9.90 Å². The van der Waals surface area contributed by atoms with E-state index in [9.17, 15) is 4.79 Å². The number of nitrogens with one attached hydrogen (secondary N) is 1. The maximum Gasteiger partial charge on any atom is 1.00 e. The molecule has 0 fully saturated rings. The van der Waals surface area contributed by atoms with Gasteiger partial charge in [0.05, 0.1) is 0 Å². The van der Waals surface area contributed by atoms with E-state index in [1.54, 1.807) is 12.1 Å². The minimum absolute atomic E-state index is 0. The summed E-state index contributed by atoms with van der Waals surface area (Å²) in [5, 5.41) is 10.4. The van der Waals surface area contributed by atoms with Crippen molar-refractivity contribution in [1.29, 1.82) is 0 Å². The number of carbonyl (C=O) groups is 1. The molecule has 0 aliphatic rings. The van der Waals surface area contributed by atoms with Crippen LogP contribution in [0.3, 0.4) is 0 Å². The van der Waals surface area contributed by atoms with E-state index in [-0.39, 0.29) is 24.6 Å². The van der Waals surface area contributed by atoms with Gasteiger partial charge in [0.15, 0.2) is 0 Å². The monoisotopic (exact) mass is 188 g/mol. The van der Waals surface area contributed by atoms with Crippen molar-refractivity contribution >= 4 is 12.4 Å². The first kappa shape index (κ1) is 15.2. The third-order valence-corrected chi connectivity index (χ3v) is 0.986.